The number of hydrogen-bond donors (Lipinski definition) is 1. The van der Waals surface area contributed by atoms with Crippen LogP contribution in [0.5, 0.6) is 0 Å². The minimum Gasteiger partial charge on any atom is -0.342 e. The third-order valence-corrected chi connectivity index (χ3v) is 4.74. The zero-order chi connectivity index (χ0) is 19.3. The Labute approximate surface area is 168 Å². The molecule has 3 aromatic carbocycles. The van der Waals surface area contributed by atoms with Gasteiger partial charge in [-0.25, -0.2) is 5.43 Å². The Morgan fingerprint density at radius 3 is 2.46 bits per heavy atom. The predicted octanol–water partition coefficient (Wildman–Crippen LogP) is 5.11. The molecule has 5 heteroatoms. The lowest BCUT2D eigenvalue weighted by Crippen LogP contribution is -2.17. The van der Waals surface area contributed by atoms with Gasteiger partial charge in [0.25, 0.3) is 5.91 Å². The molecular weight excluding hydrogens is 370 g/mol. The van der Waals surface area contributed by atoms with Crippen LogP contribution in [-0.2, 0) is 6.54 Å². The molecule has 0 saturated carbocycles. The average Bonchev–Trinajstić information content (AvgIpc) is 3.07. The Morgan fingerprint density at radius 1 is 0.964 bits per heavy atom. The van der Waals surface area contributed by atoms with E-state index in [0.29, 0.717) is 10.6 Å². The Balaban J connectivity index is 1.56. The molecule has 0 atom stereocenters. The van der Waals surface area contributed by atoms with Crippen molar-refractivity contribution in [3.05, 3.63) is 107 Å². The van der Waals surface area contributed by atoms with Gasteiger partial charge in [-0.15, -0.1) is 0 Å². The number of carbonyl (C=O) groups is 1. The first-order chi connectivity index (χ1) is 13.7. The number of halogens is 1. The molecule has 0 aliphatic heterocycles. The molecule has 0 aliphatic rings. The molecule has 0 bridgehead atoms. The van der Waals surface area contributed by atoms with Gasteiger partial charge in [0.1, 0.15) is 0 Å². The Morgan fingerprint density at radius 2 is 1.68 bits per heavy atom. The number of hydrogen-bond acceptors (Lipinski definition) is 2. The van der Waals surface area contributed by atoms with E-state index < -0.39 is 0 Å². The van der Waals surface area contributed by atoms with Crippen LogP contribution in [0.25, 0.3) is 10.9 Å². The molecule has 1 amide bonds. The summed E-state index contributed by atoms with van der Waals surface area (Å²) in [7, 11) is 0. The second-order valence-corrected chi connectivity index (χ2v) is 6.86. The van der Waals surface area contributed by atoms with Crippen LogP contribution in [0.1, 0.15) is 21.5 Å². The lowest BCUT2D eigenvalue weighted by atomic mass is 10.2. The first kappa shape index (κ1) is 18.0. The molecule has 4 nitrogen and oxygen atoms in total. The SMILES string of the molecule is O=C(N/N=C/c1cn(Cc2ccccc2)c2ccccc12)c1ccc(Cl)cc1. The van der Waals surface area contributed by atoms with Crippen LogP contribution in [0.2, 0.25) is 5.02 Å². The molecule has 1 N–H and O–H groups in total. The lowest BCUT2D eigenvalue weighted by Gasteiger charge is -2.05. The van der Waals surface area contributed by atoms with E-state index in [1.54, 1.807) is 30.5 Å². The lowest BCUT2D eigenvalue weighted by molar-refractivity contribution is 0.0955. The summed E-state index contributed by atoms with van der Waals surface area (Å²) in [6.07, 6.45) is 3.73. The number of hydrazone groups is 1. The maximum atomic E-state index is 12.2. The molecule has 0 saturated heterocycles. The van der Waals surface area contributed by atoms with Gasteiger partial charge in [0.05, 0.1) is 6.21 Å². The van der Waals surface area contributed by atoms with Crippen LogP contribution >= 0.6 is 11.6 Å². The minimum absolute atomic E-state index is 0.277. The second kappa shape index (κ2) is 8.11. The fourth-order valence-electron chi connectivity index (χ4n) is 3.12. The van der Waals surface area contributed by atoms with Crippen LogP contribution in [-0.4, -0.2) is 16.7 Å². The number of para-hydroxylation sites is 1. The van der Waals surface area contributed by atoms with Crippen molar-refractivity contribution in [2.75, 3.05) is 0 Å². The molecule has 0 fully saturated rings. The summed E-state index contributed by atoms with van der Waals surface area (Å²) in [5.74, 6) is -0.277. The predicted molar refractivity (Wildman–Crippen MR) is 114 cm³/mol. The summed E-state index contributed by atoms with van der Waals surface area (Å²) < 4.78 is 2.19. The van der Waals surface area contributed by atoms with E-state index in [1.165, 1.54) is 5.56 Å². The Bertz CT molecular complexity index is 1130. The van der Waals surface area contributed by atoms with Gasteiger partial charge in [0.2, 0.25) is 0 Å². The highest BCUT2D eigenvalue weighted by molar-refractivity contribution is 6.30. The van der Waals surface area contributed by atoms with E-state index in [9.17, 15) is 4.79 Å². The maximum Gasteiger partial charge on any atom is 0.271 e. The van der Waals surface area contributed by atoms with Gasteiger partial charge in [0, 0.05) is 39.8 Å². The van der Waals surface area contributed by atoms with Crippen molar-refractivity contribution in [1.29, 1.82) is 0 Å². The molecule has 28 heavy (non-hydrogen) atoms. The topological polar surface area (TPSA) is 46.4 Å². The van der Waals surface area contributed by atoms with E-state index in [-0.39, 0.29) is 5.91 Å². The summed E-state index contributed by atoms with van der Waals surface area (Å²) in [6, 6.07) is 25.1. The number of amides is 1. The van der Waals surface area contributed by atoms with Crippen molar-refractivity contribution in [2.45, 2.75) is 6.54 Å². The zero-order valence-corrected chi connectivity index (χ0v) is 15.8. The molecule has 138 valence electrons. The number of nitrogens with zero attached hydrogens (tertiary/aromatic N) is 2. The summed E-state index contributed by atoms with van der Waals surface area (Å²) >= 11 is 5.85. The second-order valence-electron chi connectivity index (χ2n) is 6.42. The fraction of sp³-hybridized carbons (Fsp3) is 0.0435. The van der Waals surface area contributed by atoms with Gasteiger partial charge < -0.3 is 4.57 Å². The molecule has 0 aliphatic carbocycles. The van der Waals surface area contributed by atoms with Gasteiger partial charge in [-0.05, 0) is 35.9 Å². The summed E-state index contributed by atoms with van der Waals surface area (Å²) in [5, 5.41) is 5.82. The van der Waals surface area contributed by atoms with Gasteiger partial charge in [-0.2, -0.15) is 5.10 Å². The Kier molecular flexibility index (Phi) is 5.22. The van der Waals surface area contributed by atoms with E-state index in [0.717, 1.165) is 23.0 Å². The largest absolute Gasteiger partial charge is 0.342 e. The molecular formula is C23H18ClN3O. The van der Waals surface area contributed by atoms with E-state index in [1.807, 2.05) is 30.3 Å². The normalized spacial score (nSPS) is 11.2. The monoisotopic (exact) mass is 387 g/mol. The highest BCUT2D eigenvalue weighted by Crippen LogP contribution is 2.21. The molecule has 4 rings (SSSR count). The van der Waals surface area contributed by atoms with Crippen molar-refractivity contribution in [3.63, 3.8) is 0 Å². The van der Waals surface area contributed by atoms with E-state index in [4.69, 9.17) is 11.6 Å². The third-order valence-electron chi connectivity index (χ3n) is 4.49. The molecule has 4 aromatic rings. The quantitative estimate of drug-likeness (QED) is 0.375. The number of rotatable bonds is 5. The molecule has 0 unspecified atom stereocenters. The summed E-state index contributed by atoms with van der Waals surface area (Å²) in [5.41, 5.74) is 6.37. The van der Waals surface area contributed by atoms with Gasteiger partial charge in [-0.3, -0.25) is 4.79 Å². The van der Waals surface area contributed by atoms with Crippen LogP contribution in [0.4, 0.5) is 0 Å². The van der Waals surface area contributed by atoms with Crippen LogP contribution in [0, 0.1) is 0 Å². The van der Waals surface area contributed by atoms with E-state index in [2.05, 4.69) is 45.6 Å². The number of fused-ring (bicyclic) bond motifs is 1. The number of aromatic nitrogens is 1. The van der Waals surface area contributed by atoms with Crippen LogP contribution in [0.15, 0.2) is 90.2 Å². The zero-order valence-electron chi connectivity index (χ0n) is 15.0. The molecule has 1 aromatic heterocycles. The fourth-order valence-corrected chi connectivity index (χ4v) is 3.24. The van der Waals surface area contributed by atoms with Gasteiger partial charge >= 0.3 is 0 Å². The summed E-state index contributed by atoms with van der Waals surface area (Å²) in [4.78, 5) is 12.2. The van der Waals surface area contributed by atoms with Crippen molar-refractivity contribution in [1.82, 2.24) is 9.99 Å². The van der Waals surface area contributed by atoms with Crippen molar-refractivity contribution in [2.24, 2.45) is 5.10 Å². The highest BCUT2D eigenvalue weighted by atomic mass is 35.5. The third kappa shape index (κ3) is 3.97. The average molecular weight is 388 g/mol. The van der Waals surface area contributed by atoms with Crippen LogP contribution in [0.3, 0.4) is 0 Å². The highest BCUT2D eigenvalue weighted by Gasteiger charge is 2.08. The van der Waals surface area contributed by atoms with E-state index >= 15 is 0 Å². The van der Waals surface area contributed by atoms with Crippen molar-refractivity contribution < 1.29 is 4.79 Å². The number of nitrogens with one attached hydrogen (secondary N) is 1. The number of carbonyl (C=O) groups excluding carboxylic acids is 1. The van der Waals surface area contributed by atoms with Crippen molar-refractivity contribution >= 4 is 34.6 Å². The van der Waals surface area contributed by atoms with Crippen molar-refractivity contribution in [3.8, 4) is 0 Å². The smallest absolute Gasteiger partial charge is 0.271 e. The standard InChI is InChI=1S/C23H18ClN3O/c24-20-12-10-18(11-13-20)23(28)26-25-14-19-16-27(15-17-6-2-1-3-7-17)22-9-5-4-8-21(19)22/h1-14,16H,15H2,(H,26,28)/b25-14+. The number of benzene rings is 3. The van der Waals surface area contributed by atoms with Crippen LogP contribution < -0.4 is 5.43 Å². The van der Waals surface area contributed by atoms with Gasteiger partial charge in [0.15, 0.2) is 0 Å². The summed E-state index contributed by atoms with van der Waals surface area (Å²) in [6.45, 7) is 0.770. The first-order valence-corrected chi connectivity index (χ1v) is 9.29. The Hall–Kier alpha value is -3.37. The molecule has 0 radical (unpaired) electrons. The van der Waals surface area contributed by atoms with Gasteiger partial charge in [-0.1, -0.05) is 60.1 Å². The molecule has 1 heterocycles. The minimum atomic E-state index is -0.277. The first-order valence-electron chi connectivity index (χ1n) is 8.91. The maximum absolute atomic E-state index is 12.2. The molecule has 0 spiro atoms.